The summed E-state index contributed by atoms with van der Waals surface area (Å²) in [5, 5.41) is 19.2. The van der Waals surface area contributed by atoms with Crippen LogP contribution < -0.4 is 0 Å². The number of aliphatic hydroxyl groups excluding tert-OH is 2. The van der Waals surface area contributed by atoms with Gasteiger partial charge in [0, 0.05) is 13.2 Å². The molecule has 0 amide bonds. The van der Waals surface area contributed by atoms with E-state index in [0.717, 1.165) is 36.8 Å². The molecule has 112 valence electrons. The molecule has 0 saturated carbocycles. The normalized spacial score (nSPS) is 14.1. The van der Waals surface area contributed by atoms with Crippen LogP contribution in [-0.2, 0) is 4.74 Å². The second-order valence-corrected chi connectivity index (χ2v) is 5.53. The molecule has 0 aromatic rings. The van der Waals surface area contributed by atoms with Crippen LogP contribution in [0, 0.1) is 0 Å². The predicted molar refractivity (Wildman–Crippen MR) is 80.2 cm³/mol. The summed E-state index contributed by atoms with van der Waals surface area (Å²) in [5.74, 6) is 0. The maximum Gasteiger partial charge on any atom is 0.0578 e. The van der Waals surface area contributed by atoms with Crippen molar-refractivity contribution in [1.82, 2.24) is 0 Å². The van der Waals surface area contributed by atoms with E-state index in [1.165, 1.54) is 0 Å². The first-order chi connectivity index (χ1) is 8.91. The van der Waals surface area contributed by atoms with Gasteiger partial charge in [0.25, 0.3) is 0 Å². The highest BCUT2D eigenvalue weighted by Crippen LogP contribution is 2.09. The van der Waals surface area contributed by atoms with Crippen molar-refractivity contribution in [2.75, 3.05) is 13.2 Å². The molecule has 0 aliphatic heterocycles. The highest BCUT2D eigenvalue weighted by molar-refractivity contribution is 4.90. The molecule has 19 heavy (non-hydrogen) atoms. The highest BCUT2D eigenvalue weighted by Gasteiger charge is 2.05. The van der Waals surface area contributed by atoms with Crippen molar-refractivity contribution in [3.63, 3.8) is 0 Å². The fraction of sp³-hybridized carbons (Fsp3) is 0.750. The highest BCUT2D eigenvalue weighted by atomic mass is 16.5. The van der Waals surface area contributed by atoms with E-state index in [4.69, 9.17) is 4.74 Å². The fourth-order valence-electron chi connectivity index (χ4n) is 1.95. The Balaban J connectivity index is 3.31. The largest absolute Gasteiger partial charge is 0.393 e. The van der Waals surface area contributed by atoms with Crippen LogP contribution in [0.15, 0.2) is 24.3 Å². The summed E-state index contributed by atoms with van der Waals surface area (Å²) in [6.07, 6.45) is 4.00. The Morgan fingerprint density at radius 2 is 1.26 bits per heavy atom. The summed E-state index contributed by atoms with van der Waals surface area (Å²) in [5.41, 5.74) is 2.03. The summed E-state index contributed by atoms with van der Waals surface area (Å²) in [4.78, 5) is 0. The Kier molecular flexibility index (Phi) is 10.8. The van der Waals surface area contributed by atoms with Gasteiger partial charge in [-0.1, -0.05) is 11.1 Å². The SMILES string of the molecule is C=C(C)CC(O)CCCOCCCC(O)CC(=C)C. The van der Waals surface area contributed by atoms with Crippen LogP contribution in [0.3, 0.4) is 0 Å². The molecule has 3 heteroatoms. The zero-order chi connectivity index (χ0) is 14.7. The zero-order valence-electron chi connectivity index (χ0n) is 12.5. The molecule has 0 aliphatic rings. The van der Waals surface area contributed by atoms with Gasteiger partial charge < -0.3 is 14.9 Å². The lowest BCUT2D eigenvalue weighted by Gasteiger charge is -2.11. The van der Waals surface area contributed by atoms with Gasteiger partial charge in [0.15, 0.2) is 0 Å². The number of rotatable bonds is 12. The summed E-state index contributed by atoms with van der Waals surface area (Å²) in [7, 11) is 0. The molecule has 2 unspecified atom stereocenters. The molecule has 2 N–H and O–H groups in total. The van der Waals surface area contributed by atoms with Crippen LogP contribution in [0.5, 0.6) is 0 Å². The third kappa shape index (κ3) is 13.6. The topological polar surface area (TPSA) is 49.7 Å². The average molecular weight is 270 g/mol. The van der Waals surface area contributed by atoms with Crippen LogP contribution in [0.4, 0.5) is 0 Å². The lowest BCUT2D eigenvalue weighted by atomic mass is 10.1. The van der Waals surface area contributed by atoms with Crippen molar-refractivity contribution in [3.8, 4) is 0 Å². The van der Waals surface area contributed by atoms with E-state index in [2.05, 4.69) is 13.2 Å². The number of aliphatic hydroxyl groups is 2. The standard InChI is InChI=1S/C16H30O3/c1-13(2)11-15(17)7-5-9-19-10-6-8-16(18)12-14(3)4/h15-18H,1,3,5-12H2,2,4H3. The van der Waals surface area contributed by atoms with Crippen molar-refractivity contribution < 1.29 is 14.9 Å². The van der Waals surface area contributed by atoms with Gasteiger partial charge in [-0.3, -0.25) is 0 Å². The molecule has 2 atom stereocenters. The molecule has 0 heterocycles. The molecule has 0 fully saturated rings. The van der Waals surface area contributed by atoms with Crippen LogP contribution in [0.2, 0.25) is 0 Å². The first-order valence-corrected chi connectivity index (χ1v) is 7.14. The molecule has 0 aliphatic carbocycles. The van der Waals surface area contributed by atoms with Gasteiger partial charge in [0.1, 0.15) is 0 Å². The minimum atomic E-state index is -0.293. The summed E-state index contributed by atoms with van der Waals surface area (Å²) in [6, 6.07) is 0. The zero-order valence-corrected chi connectivity index (χ0v) is 12.5. The minimum Gasteiger partial charge on any atom is -0.393 e. The van der Waals surface area contributed by atoms with E-state index in [0.29, 0.717) is 26.1 Å². The maximum absolute atomic E-state index is 9.62. The number of hydrogen-bond donors (Lipinski definition) is 2. The number of ether oxygens (including phenoxy) is 1. The van der Waals surface area contributed by atoms with E-state index >= 15 is 0 Å². The van der Waals surface area contributed by atoms with Gasteiger partial charge in [-0.25, -0.2) is 0 Å². The van der Waals surface area contributed by atoms with E-state index in [1.807, 2.05) is 13.8 Å². The van der Waals surface area contributed by atoms with E-state index in [9.17, 15) is 10.2 Å². The Hall–Kier alpha value is -0.640. The smallest absolute Gasteiger partial charge is 0.0578 e. The fourth-order valence-corrected chi connectivity index (χ4v) is 1.95. The quantitative estimate of drug-likeness (QED) is 0.423. The summed E-state index contributed by atoms with van der Waals surface area (Å²) >= 11 is 0. The Bertz CT molecular complexity index is 235. The Morgan fingerprint density at radius 1 is 0.895 bits per heavy atom. The minimum absolute atomic E-state index is 0.293. The molecule has 0 saturated heterocycles. The molecule has 3 nitrogen and oxygen atoms in total. The van der Waals surface area contributed by atoms with Gasteiger partial charge in [-0.05, 0) is 52.4 Å². The number of hydrogen-bond acceptors (Lipinski definition) is 3. The molecule has 0 spiro atoms. The second-order valence-electron chi connectivity index (χ2n) is 5.53. The predicted octanol–water partition coefficient (Wildman–Crippen LogP) is 3.22. The van der Waals surface area contributed by atoms with Crippen molar-refractivity contribution in [1.29, 1.82) is 0 Å². The summed E-state index contributed by atoms with van der Waals surface area (Å²) < 4.78 is 5.48. The molecule has 0 aromatic carbocycles. The van der Waals surface area contributed by atoms with Gasteiger partial charge in [-0.2, -0.15) is 0 Å². The molecule has 0 rings (SSSR count). The van der Waals surface area contributed by atoms with Gasteiger partial charge in [0.2, 0.25) is 0 Å². The molecule has 0 bridgehead atoms. The Labute approximate surface area is 118 Å². The van der Waals surface area contributed by atoms with Crippen molar-refractivity contribution in [3.05, 3.63) is 24.3 Å². The molecular formula is C16H30O3. The van der Waals surface area contributed by atoms with E-state index in [-0.39, 0.29) is 12.2 Å². The summed E-state index contributed by atoms with van der Waals surface area (Å²) in [6.45, 7) is 12.8. The third-order valence-electron chi connectivity index (χ3n) is 2.82. The maximum atomic E-state index is 9.62. The first kappa shape index (κ1) is 18.4. The lowest BCUT2D eigenvalue weighted by molar-refractivity contribution is 0.0919. The van der Waals surface area contributed by atoms with E-state index < -0.39 is 0 Å². The van der Waals surface area contributed by atoms with Crippen LogP contribution in [-0.4, -0.2) is 35.6 Å². The monoisotopic (exact) mass is 270 g/mol. The van der Waals surface area contributed by atoms with Crippen molar-refractivity contribution in [2.24, 2.45) is 0 Å². The molecular weight excluding hydrogens is 240 g/mol. The Morgan fingerprint density at radius 3 is 1.58 bits per heavy atom. The van der Waals surface area contributed by atoms with Crippen LogP contribution in [0.1, 0.15) is 52.4 Å². The third-order valence-corrected chi connectivity index (χ3v) is 2.82. The van der Waals surface area contributed by atoms with Crippen molar-refractivity contribution in [2.45, 2.75) is 64.6 Å². The van der Waals surface area contributed by atoms with Crippen LogP contribution >= 0.6 is 0 Å². The van der Waals surface area contributed by atoms with Gasteiger partial charge >= 0.3 is 0 Å². The molecule has 0 aromatic heterocycles. The van der Waals surface area contributed by atoms with E-state index in [1.54, 1.807) is 0 Å². The van der Waals surface area contributed by atoms with Crippen molar-refractivity contribution >= 4 is 0 Å². The van der Waals surface area contributed by atoms with Gasteiger partial charge in [-0.15, -0.1) is 13.2 Å². The van der Waals surface area contributed by atoms with Gasteiger partial charge in [0.05, 0.1) is 12.2 Å². The average Bonchev–Trinajstić information content (AvgIpc) is 2.25. The molecule has 0 radical (unpaired) electrons. The first-order valence-electron chi connectivity index (χ1n) is 7.14. The van der Waals surface area contributed by atoms with Crippen LogP contribution in [0.25, 0.3) is 0 Å². The lowest BCUT2D eigenvalue weighted by Crippen LogP contribution is -2.10. The second kappa shape index (κ2) is 11.2.